The molecule has 1 unspecified atom stereocenters. The van der Waals surface area contributed by atoms with Gasteiger partial charge in [-0.2, -0.15) is 0 Å². The molecule has 0 saturated carbocycles. The number of ether oxygens (including phenoxy) is 1. The van der Waals surface area contributed by atoms with E-state index in [1.807, 2.05) is 6.92 Å². The number of thiazole rings is 1. The van der Waals surface area contributed by atoms with Crippen molar-refractivity contribution in [3.05, 3.63) is 11.1 Å². The Bertz CT molecular complexity index is 421. The molecule has 1 heterocycles. The number of nitrogens with one attached hydrogen (secondary N) is 1. The van der Waals surface area contributed by atoms with Gasteiger partial charge in [0.15, 0.2) is 11.2 Å². The maximum absolute atomic E-state index is 11.4. The molecule has 0 aliphatic carbocycles. The largest absolute Gasteiger partial charge is 0.450 e. The van der Waals surface area contributed by atoms with E-state index in [0.29, 0.717) is 17.4 Å². The summed E-state index contributed by atoms with van der Waals surface area (Å²) in [7, 11) is 0. The Balaban J connectivity index is 2.59. The maximum atomic E-state index is 11.4. The average Bonchev–Trinajstić information content (AvgIpc) is 2.72. The first-order valence-corrected chi connectivity index (χ1v) is 6.36. The number of nitrogens with zero attached hydrogens (tertiary/aromatic N) is 1. The highest BCUT2D eigenvalue weighted by atomic mass is 32.1. The zero-order valence-electron chi connectivity index (χ0n) is 10.0. The van der Waals surface area contributed by atoms with Crippen LogP contribution in [-0.2, 0) is 9.53 Å². The molecule has 1 rings (SSSR count). The van der Waals surface area contributed by atoms with Crippen molar-refractivity contribution in [3.63, 3.8) is 0 Å². The van der Waals surface area contributed by atoms with Gasteiger partial charge in [0.05, 0.1) is 12.3 Å². The first kappa shape index (κ1) is 14.2. The molecule has 18 heavy (non-hydrogen) atoms. The fourth-order valence-corrected chi connectivity index (χ4v) is 1.78. The van der Waals surface area contributed by atoms with Crippen molar-refractivity contribution in [2.24, 2.45) is 5.73 Å². The third kappa shape index (κ3) is 4.21. The van der Waals surface area contributed by atoms with Gasteiger partial charge in [0, 0.05) is 5.38 Å². The van der Waals surface area contributed by atoms with Gasteiger partial charge in [-0.1, -0.05) is 13.3 Å². The minimum absolute atomic E-state index is 0.299. The van der Waals surface area contributed by atoms with Crippen LogP contribution in [0.3, 0.4) is 0 Å². The molecule has 0 aliphatic rings. The number of carbonyl (C=O) groups excluding carboxylic acids is 2. The molecule has 8 heteroatoms. The Kier molecular flexibility index (Phi) is 5.37. The molecule has 0 bridgehead atoms. The van der Waals surface area contributed by atoms with Crippen molar-refractivity contribution < 1.29 is 14.3 Å². The fourth-order valence-electron chi connectivity index (χ4n) is 1.19. The molecule has 0 spiro atoms. The number of nitrogen functional groups attached to an aromatic ring is 1. The zero-order chi connectivity index (χ0) is 13.5. The van der Waals surface area contributed by atoms with Gasteiger partial charge >= 0.3 is 6.09 Å². The number of alkyl carbamates (subject to hydrolysis) is 1. The maximum Gasteiger partial charge on any atom is 0.408 e. The van der Waals surface area contributed by atoms with Gasteiger partial charge in [-0.3, -0.25) is 4.79 Å². The average molecular weight is 272 g/mol. The second-order valence-electron chi connectivity index (χ2n) is 3.58. The summed E-state index contributed by atoms with van der Waals surface area (Å²) in [5.41, 5.74) is 11.0. The number of aromatic nitrogens is 1. The first-order chi connectivity index (χ1) is 8.54. The van der Waals surface area contributed by atoms with Crippen molar-refractivity contribution in [2.75, 3.05) is 12.3 Å². The van der Waals surface area contributed by atoms with Crippen LogP contribution in [0.15, 0.2) is 5.38 Å². The molecule has 2 amide bonds. The molecule has 1 atom stereocenters. The van der Waals surface area contributed by atoms with Gasteiger partial charge in [-0.05, 0) is 6.42 Å². The van der Waals surface area contributed by atoms with E-state index in [0.717, 1.165) is 12.8 Å². The van der Waals surface area contributed by atoms with Crippen LogP contribution < -0.4 is 16.8 Å². The van der Waals surface area contributed by atoms with E-state index in [4.69, 9.17) is 16.2 Å². The normalized spacial score (nSPS) is 11.8. The zero-order valence-corrected chi connectivity index (χ0v) is 10.8. The number of rotatable bonds is 6. The number of primary amides is 1. The Hall–Kier alpha value is -1.83. The highest BCUT2D eigenvalue weighted by molar-refractivity contribution is 7.13. The summed E-state index contributed by atoms with van der Waals surface area (Å²) < 4.78 is 4.88. The van der Waals surface area contributed by atoms with Crippen molar-refractivity contribution >= 4 is 28.5 Å². The van der Waals surface area contributed by atoms with Crippen LogP contribution in [0.2, 0.25) is 0 Å². The van der Waals surface area contributed by atoms with E-state index >= 15 is 0 Å². The molecule has 1 aromatic heterocycles. The van der Waals surface area contributed by atoms with E-state index < -0.39 is 18.0 Å². The summed E-state index contributed by atoms with van der Waals surface area (Å²) in [4.78, 5) is 26.6. The van der Waals surface area contributed by atoms with Gasteiger partial charge in [-0.15, -0.1) is 11.3 Å². The summed E-state index contributed by atoms with van der Waals surface area (Å²) in [6.07, 6.45) is 0.979. The van der Waals surface area contributed by atoms with Gasteiger partial charge in [-0.25, -0.2) is 9.78 Å². The van der Waals surface area contributed by atoms with E-state index in [-0.39, 0.29) is 0 Å². The van der Waals surface area contributed by atoms with Crippen LogP contribution in [0.1, 0.15) is 31.5 Å². The number of carbonyl (C=O) groups is 2. The van der Waals surface area contributed by atoms with Gasteiger partial charge < -0.3 is 21.5 Å². The second-order valence-corrected chi connectivity index (χ2v) is 4.47. The van der Waals surface area contributed by atoms with Crippen LogP contribution >= 0.6 is 11.3 Å². The molecule has 0 aliphatic heterocycles. The summed E-state index contributed by atoms with van der Waals surface area (Å²) in [6.45, 7) is 2.28. The second kappa shape index (κ2) is 6.80. The van der Waals surface area contributed by atoms with Crippen molar-refractivity contribution in [1.29, 1.82) is 0 Å². The van der Waals surface area contributed by atoms with E-state index in [1.165, 1.54) is 11.3 Å². The molecule has 0 fully saturated rings. The van der Waals surface area contributed by atoms with Crippen LogP contribution in [0.25, 0.3) is 0 Å². The summed E-state index contributed by atoms with van der Waals surface area (Å²) in [6, 6.07) is -1.02. The predicted octanol–water partition coefficient (Wildman–Crippen LogP) is 0.778. The lowest BCUT2D eigenvalue weighted by atomic mass is 10.2. The third-order valence-corrected chi connectivity index (χ3v) is 2.81. The van der Waals surface area contributed by atoms with Crippen LogP contribution in [-0.4, -0.2) is 23.6 Å². The molecule has 100 valence electrons. The van der Waals surface area contributed by atoms with Gasteiger partial charge in [0.1, 0.15) is 0 Å². The summed E-state index contributed by atoms with van der Waals surface area (Å²) >= 11 is 1.17. The molecular formula is C10H16N4O3S. The first-order valence-electron chi connectivity index (χ1n) is 5.48. The lowest BCUT2D eigenvalue weighted by Crippen LogP contribution is -2.38. The number of nitrogens with two attached hydrogens (primary N) is 2. The number of unbranched alkanes of at least 4 members (excludes halogenated alkanes) is 1. The van der Waals surface area contributed by atoms with Crippen molar-refractivity contribution in [1.82, 2.24) is 10.3 Å². The topological polar surface area (TPSA) is 120 Å². The third-order valence-electron chi connectivity index (χ3n) is 2.11. The monoisotopic (exact) mass is 272 g/mol. The summed E-state index contributed by atoms with van der Waals surface area (Å²) in [5.74, 6) is -0.715. The number of amides is 2. The number of anilines is 1. The molecule has 0 radical (unpaired) electrons. The van der Waals surface area contributed by atoms with Crippen LogP contribution in [0, 0.1) is 0 Å². The molecule has 0 saturated heterocycles. The Morgan fingerprint density at radius 1 is 1.61 bits per heavy atom. The highest BCUT2D eigenvalue weighted by Crippen LogP contribution is 2.18. The molecular weight excluding hydrogens is 256 g/mol. The lowest BCUT2D eigenvalue weighted by Gasteiger charge is -2.13. The van der Waals surface area contributed by atoms with Crippen molar-refractivity contribution in [3.8, 4) is 0 Å². The fraction of sp³-hybridized carbons (Fsp3) is 0.500. The van der Waals surface area contributed by atoms with Crippen LogP contribution in [0.5, 0.6) is 0 Å². The number of hydrogen-bond donors (Lipinski definition) is 3. The van der Waals surface area contributed by atoms with E-state index in [1.54, 1.807) is 5.38 Å². The lowest BCUT2D eigenvalue weighted by molar-refractivity contribution is -0.120. The van der Waals surface area contributed by atoms with Crippen LogP contribution in [0.4, 0.5) is 9.93 Å². The van der Waals surface area contributed by atoms with Gasteiger partial charge in [0.25, 0.3) is 0 Å². The molecule has 5 N–H and O–H groups in total. The molecule has 7 nitrogen and oxygen atoms in total. The molecule has 1 aromatic rings. The Morgan fingerprint density at radius 2 is 2.33 bits per heavy atom. The Labute approximate surface area is 109 Å². The van der Waals surface area contributed by atoms with E-state index in [9.17, 15) is 9.59 Å². The van der Waals surface area contributed by atoms with E-state index in [2.05, 4.69) is 10.3 Å². The quantitative estimate of drug-likeness (QED) is 0.661. The Morgan fingerprint density at radius 3 is 2.83 bits per heavy atom. The standard InChI is InChI=1S/C10H16N4O3S/c1-2-3-4-17-10(16)14-7(8(11)15)6-5-18-9(12)13-6/h5,7H,2-4H2,1H3,(H2,11,15)(H2,12,13)(H,14,16). The smallest absolute Gasteiger partial charge is 0.408 e. The molecule has 0 aromatic carbocycles. The summed E-state index contributed by atoms with van der Waals surface area (Å²) in [5, 5.41) is 4.23. The highest BCUT2D eigenvalue weighted by Gasteiger charge is 2.23. The number of hydrogen-bond acceptors (Lipinski definition) is 6. The predicted molar refractivity (Wildman–Crippen MR) is 67.9 cm³/mol. The minimum atomic E-state index is -1.02. The SMILES string of the molecule is CCCCOC(=O)NC(C(N)=O)c1csc(N)n1. The van der Waals surface area contributed by atoms with Crippen molar-refractivity contribution in [2.45, 2.75) is 25.8 Å². The van der Waals surface area contributed by atoms with Gasteiger partial charge in [0.2, 0.25) is 5.91 Å². The minimum Gasteiger partial charge on any atom is -0.450 e.